The van der Waals surface area contributed by atoms with Crippen LogP contribution in [0.2, 0.25) is 0 Å². The van der Waals surface area contributed by atoms with Crippen LogP contribution in [0.5, 0.6) is 17.2 Å². The van der Waals surface area contributed by atoms with Crippen LogP contribution in [0, 0.1) is 0 Å². The molecular weight excluding hydrogens is 350 g/mol. The highest BCUT2D eigenvalue weighted by molar-refractivity contribution is 5.97. The van der Waals surface area contributed by atoms with Gasteiger partial charge in [-0.15, -0.1) is 6.58 Å². The zero-order valence-corrected chi connectivity index (χ0v) is 15.1. The molecule has 0 unspecified atom stereocenters. The molecule has 1 heterocycles. The fraction of sp³-hybridized carbons (Fsp3) is 0.200. The van der Waals surface area contributed by atoms with Crippen LogP contribution < -0.4 is 10.3 Å². The Hall–Kier alpha value is -3.48. The lowest BCUT2D eigenvalue weighted by Crippen LogP contribution is -2.06. The normalized spacial score (nSPS) is 10.9. The lowest BCUT2D eigenvalue weighted by Gasteiger charge is -2.15. The van der Waals surface area contributed by atoms with Crippen molar-refractivity contribution in [2.24, 2.45) is 0 Å². The molecule has 0 radical (unpaired) electrons. The molecule has 0 bridgehead atoms. The predicted octanol–water partition coefficient (Wildman–Crippen LogP) is 3.17. The first-order valence-corrected chi connectivity index (χ1v) is 8.14. The first-order valence-electron chi connectivity index (χ1n) is 8.14. The summed E-state index contributed by atoms with van der Waals surface area (Å²) in [5, 5.41) is 29.6. The number of phenols is 1. The number of nitrogens with one attached hydrogen (secondary N) is 1. The minimum absolute atomic E-state index is 0.195. The number of carboxylic acids is 1. The molecule has 7 heteroatoms. The van der Waals surface area contributed by atoms with E-state index in [4.69, 9.17) is 4.74 Å². The highest BCUT2D eigenvalue weighted by Gasteiger charge is 2.21. The molecule has 0 saturated carbocycles. The number of allylic oxidation sites excluding steroid dienone is 1. The van der Waals surface area contributed by atoms with E-state index in [9.17, 15) is 24.9 Å². The number of aromatic carboxylic acids is 1. The van der Waals surface area contributed by atoms with Gasteiger partial charge < -0.3 is 25.0 Å². The molecule has 0 saturated heterocycles. The summed E-state index contributed by atoms with van der Waals surface area (Å²) in [7, 11) is 1.43. The maximum absolute atomic E-state index is 11.7. The van der Waals surface area contributed by atoms with Crippen LogP contribution in [0.4, 0.5) is 0 Å². The third kappa shape index (κ3) is 4.78. The number of carboxylic acid groups (broad SMARTS) is 1. The van der Waals surface area contributed by atoms with Crippen LogP contribution in [0.25, 0.3) is 12.2 Å². The second-order valence-electron chi connectivity index (χ2n) is 6.12. The van der Waals surface area contributed by atoms with E-state index in [1.54, 1.807) is 0 Å². The van der Waals surface area contributed by atoms with Crippen LogP contribution >= 0.6 is 0 Å². The number of rotatable bonds is 7. The van der Waals surface area contributed by atoms with E-state index in [2.05, 4.69) is 11.6 Å². The summed E-state index contributed by atoms with van der Waals surface area (Å²) >= 11 is 0. The van der Waals surface area contributed by atoms with E-state index in [1.807, 2.05) is 6.92 Å². The molecule has 7 nitrogen and oxygen atoms in total. The number of benzene rings is 1. The molecule has 4 N–H and O–H groups in total. The van der Waals surface area contributed by atoms with Crippen molar-refractivity contribution in [3.8, 4) is 17.2 Å². The minimum Gasteiger partial charge on any atom is -0.508 e. The Bertz CT molecular complexity index is 971. The van der Waals surface area contributed by atoms with Crippen molar-refractivity contribution in [3.05, 3.63) is 63.1 Å². The van der Waals surface area contributed by atoms with E-state index in [-0.39, 0.29) is 28.3 Å². The summed E-state index contributed by atoms with van der Waals surface area (Å²) < 4.78 is 5.31. The fourth-order valence-electron chi connectivity index (χ4n) is 2.64. The van der Waals surface area contributed by atoms with Crippen molar-refractivity contribution in [3.63, 3.8) is 0 Å². The van der Waals surface area contributed by atoms with Crippen molar-refractivity contribution in [2.45, 2.75) is 19.8 Å². The van der Waals surface area contributed by atoms with Crippen molar-refractivity contribution in [1.29, 1.82) is 0 Å². The molecule has 142 valence electrons. The zero-order valence-electron chi connectivity index (χ0n) is 15.1. The quantitative estimate of drug-likeness (QED) is 0.555. The van der Waals surface area contributed by atoms with Crippen LogP contribution in [0.15, 0.2) is 35.1 Å². The summed E-state index contributed by atoms with van der Waals surface area (Å²) in [6.07, 6.45) is 3.80. The second kappa shape index (κ2) is 8.27. The van der Waals surface area contributed by atoms with Crippen LogP contribution in [-0.2, 0) is 6.42 Å². The molecule has 1 aromatic heterocycles. The van der Waals surface area contributed by atoms with Gasteiger partial charge in [-0.1, -0.05) is 11.6 Å². The SMILES string of the molecule is C=C(C)CCc1c(OC)cc(C=Cc2cc(O)cc(=O)[nH]2)c(C(=O)O)c1O. The van der Waals surface area contributed by atoms with Gasteiger partial charge in [0.15, 0.2) is 0 Å². The summed E-state index contributed by atoms with van der Waals surface area (Å²) in [6, 6.07) is 3.84. The first-order chi connectivity index (χ1) is 12.7. The summed E-state index contributed by atoms with van der Waals surface area (Å²) in [5.74, 6) is -1.53. The Morgan fingerprint density at radius 3 is 2.52 bits per heavy atom. The molecule has 1 aromatic carbocycles. The van der Waals surface area contributed by atoms with Gasteiger partial charge in [-0.2, -0.15) is 0 Å². The van der Waals surface area contributed by atoms with Gasteiger partial charge in [0, 0.05) is 23.4 Å². The third-order valence-electron chi connectivity index (χ3n) is 3.92. The van der Waals surface area contributed by atoms with E-state index in [0.717, 1.165) is 11.6 Å². The van der Waals surface area contributed by atoms with Crippen LogP contribution in [-0.4, -0.2) is 33.4 Å². The summed E-state index contributed by atoms with van der Waals surface area (Å²) in [5.41, 5.74) is 0.988. The Labute approximate surface area is 155 Å². The number of carbonyl (C=O) groups is 1. The van der Waals surface area contributed by atoms with E-state index >= 15 is 0 Å². The minimum atomic E-state index is -1.30. The molecule has 27 heavy (non-hydrogen) atoms. The number of aromatic hydroxyl groups is 2. The predicted molar refractivity (Wildman–Crippen MR) is 102 cm³/mol. The van der Waals surface area contributed by atoms with E-state index in [0.29, 0.717) is 24.2 Å². The van der Waals surface area contributed by atoms with Crippen LogP contribution in [0.1, 0.15) is 40.5 Å². The molecule has 0 fully saturated rings. The highest BCUT2D eigenvalue weighted by Crippen LogP contribution is 2.36. The van der Waals surface area contributed by atoms with E-state index in [1.165, 1.54) is 31.4 Å². The number of hydrogen-bond acceptors (Lipinski definition) is 5. The molecule has 0 amide bonds. The van der Waals surface area contributed by atoms with Gasteiger partial charge in [0.05, 0.1) is 7.11 Å². The van der Waals surface area contributed by atoms with Crippen molar-refractivity contribution >= 4 is 18.1 Å². The van der Waals surface area contributed by atoms with Gasteiger partial charge >= 0.3 is 5.97 Å². The highest BCUT2D eigenvalue weighted by atomic mass is 16.5. The first kappa shape index (κ1) is 19.8. The van der Waals surface area contributed by atoms with Gasteiger partial charge in [-0.3, -0.25) is 4.79 Å². The molecule has 2 aromatic rings. The number of hydrogen-bond donors (Lipinski definition) is 4. The topological polar surface area (TPSA) is 120 Å². The monoisotopic (exact) mass is 371 g/mol. The number of methoxy groups -OCH3 is 1. The lowest BCUT2D eigenvalue weighted by atomic mass is 9.96. The summed E-state index contributed by atoms with van der Waals surface area (Å²) in [4.78, 5) is 25.6. The average Bonchev–Trinajstić information content (AvgIpc) is 2.57. The Morgan fingerprint density at radius 2 is 1.96 bits per heavy atom. The number of H-pyrrole nitrogens is 1. The average molecular weight is 371 g/mol. The summed E-state index contributed by atoms with van der Waals surface area (Å²) in [6.45, 7) is 5.65. The zero-order chi connectivity index (χ0) is 20.1. The Balaban J connectivity index is 2.56. The molecular formula is C20H21NO6. The molecule has 2 rings (SSSR count). The largest absolute Gasteiger partial charge is 0.508 e. The fourth-order valence-corrected chi connectivity index (χ4v) is 2.64. The van der Waals surface area contributed by atoms with Gasteiger partial charge in [0.1, 0.15) is 22.8 Å². The van der Waals surface area contributed by atoms with Crippen molar-refractivity contribution in [2.75, 3.05) is 7.11 Å². The van der Waals surface area contributed by atoms with Gasteiger partial charge in [0.2, 0.25) is 0 Å². The third-order valence-corrected chi connectivity index (χ3v) is 3.92. The lowest BCUT2D eigenvalue weighted by molar-refractivity contribution is 0.0693. The Kier molecular flexibility index (Phi) is 6.07. The number of pyridine rings is 1. The molecule has 0 aliphatic heterocycles. The Morgan fingerprint density at radius 1 is 1.26 bits per heavy atom. The number of aromatic nitrogens is 1. The van der Waals surface area contributed by atoms with Crippen molar-refractivity contribution in [1.82, 2.24) is 4.98 Å². The van der Waals surface area contributed by atoms with Gasteiger partial charge in [-0.25, -0.2) is 4.79 Å². The smallest absolute Gasteiger partial charge is 0.340 e. The van der Waals surface area contributed by atoms with Gasteiger partial charge in [-0.05, 0) is 37.5 Å². The molecule has 0 spiro atoms. The second-order valence-corrected chi connectivity index (χ2v) is 6.12. The van der Waals surface area contributed by atoms with Crippen LogP contribution in [0.3, 0.4) is 0 Å². The van der Waals surface area contributed by atoms with Crippen molar-refractivity contribution < 1.29 is 24.9 Å². The van der Waals surface area contributed by atoms with E-state index < -0.39 is 11.5 Å². The number of ether oxygens (including phenoxy) is 1. The molecule has 0 aliphatic rings. The maximum Gasteiger partial charge on any atom is 0.340 e. The number of aromatic amines is 1. The standard InChI is InChI=1S/C20H21NO6/c1-11(2)4-7-15-16(27-3)8-12(18(19(15)24)20(25)26)5-6-13-9-14(22)10-17(23)21-13/h5-6,8-10,24H,1,4,7H2,2-3H3,(H,25,26)(H2,21,22,23). The molecule has 0 aliphatic carbocycles. The molecule has 0 atom stereocenters. The maximum atomic E-state index is 11.7. The van der Waals surface area contributed by atoms with Gasteiger partial charge in [0.25, 0.3) is 5.56 Å².